The Labute approximate surface area is 136 Å². The first-order valence-corrected chi connectivity index (χ1v) is 8.80. The van der Waals surface area contributed by atoms with E-state index in [-0.39, 0.29) is 22.7 Å². The van der Waals surface area contributed by atoms with Gasteiger partial charge in [0, 0.05) is 22.9 Å². The standard InChI is InChI=1S/C18H26N2O3/c1-17-8-7-15(22)19-13(17)5-3-10-11-4-6-14(20-23)18(11,2)9-12(21)16(10)17/h5,10-12,16,21,23H,3-4,6-9H2,1-2H3,(H,19,22)/b20-14-. The molecule has 0 bridgehead atoms. The van der Waals surface area contributed by atoms with E-state index < -0.39 is 6.10 Å². The van der Waals surface area contributed by atoms with Crippen LogP contribution in [0.25, 0.3) is 0 Å². The molecule has 0 spiro atoms. The van der Waals surface area contributed by atoms with Gasteiger partial charge < -0.3 is 15.6 Å². The van der Waals surface area contributed by atoms with Crippen LogP contribution in [-0.2, 0) is 4.79 Å². The molecule has 5 nitrogen and oxygen atoms in total. The summed E-state index contributed by atoms with van der Waals surface area (Å²) < 4.78 is 0. The number of hydrogen-bond donors (Lipinski definition) is 3. The van der Waals surface area contributed by atoms with Gasteiger partial charge >= 0.3 is 0 Å². The molecule has 3 fully saturated rings. The third kappa shape index (κ3) is 1.89. The highest BCUT2D eigenvalue weighted by Gasteiger charge is 2.61. The maximum absolute atomic E-state index is 11.8. The smallest absolute Gasteiger partial charge is 0.224 e. The van der Waals surface area contributed by atoms with Gasteiger partial charge in [-0.1, -0.05) is 25.1 Å². The van der Waals surface area contributed by atoms with Crippen molar-refractivity contribution in [3.63, 3.8) is 0 Å². The van der Waals surface area contributed by atoms with Crippen molar-refractivity contribution in [3.05, 3.63) is 11.8 Å². The summed E-state index contributed by atoms with van der Waals surface area (Å²) in [4.78, 5) is 11.8. The first-order valence-electron chi connectivity index (χ1n) is 8.80. The van der Waals surface area contributed by atoms with Crippen molar-refractivity contribution in [3.8, 4) is 0 Å². The van der Waals surface area contributed by atoms with E-state index in [1.54, 1.807) is 0 Å². The highest BCUT2D eigenvalue weighted by molar-refractivity contribution is 5.92. The van der Waals surface area contributed by atoms with Crippen molar-refractivity contribution in [2.24, 2.45) is 33.7 Å². The summed E-state index contributed by atoms with van der Waals surface area (Å²) in [5.41, 5.74) is 1.55. The van der Waals surface area contributed by atoms with Crippen LogP contribution in [-0.4, -0.2) is 28.0 Å². The Kier molecular flexibility index (Phi) is 3.18. The molecule has 0 radical (unpaired) electrons. The molecular formula is C18H26N2O3. The molecule has 1 aliphatic heterocycles. The number of allylic oxidation sites excluding steroid dienone is 2. The summed E-state index contributed by atoms with van der Waals surface area (Å²) in [5, 5.41) is 27.0. The molecule has 5 heteroatoms. The van der Waals surface area contributed by atoms with E-state index >= 15 is 0 Å². The molecule has 1 amide bonds. The maximum Gasteiger partial charge on any atom is 0.224 e. The fourth-order valence-corrected chi connectivity index (χ4v) is 6.28. The Morgan fingerprint density at radius 3 is 2.83 bits per heavy atom. The van der Waals surface area contributed by atoms with Gasteiger partial charge in [0.25, 0.3) is 0 Å². The minimum absolute atomic E-state index is 0.0953. The zero-order chi connectivity index (χ0) is 16.4. The Hall–Kier alpha value is -1.36. The normalized spacial score (nSPS) is 50.7. The second-order valence-corrected chi connectivity index (χ2v) is 8.39. The summed E-state index contributed by atoms with van der Waals surface area (Å²) in [7, 11) is 0. The van der Waals surface area contributed by atoms with Crippen LogP contribution in [0.1, 0.15) is 52.4 Å². The highest BCUT2D eigenvalue weighted by atomic mass is 16.4. The topological polar surface area (TPSA) is 81.9 Å². The van der Waals surface area contributed by atoms with Gasteiger partial charge in [0.15, 0.2) is 0 Å². The third-order valence-corrected chi connectivity index (χ3v) is 7.41. The lowest BCUT2D eigenvalue weighted by Crippen LogP contribution is -2.58. The van der Waals surface area contributed by atoms with Gasteiger partial charge in [0.1, 0.15) is 0 Å². The summed E-state index contributed by atoms with van der Waals surface area (Å²) in [5.74, 6) is 1.12. The van der Waals surface area contributed by atoms with Crippen LogP contribution in [0.4, 0.5) is 0 Å². The quantitative estimate of drug-likeness (QED) is 0.474. The number of fused-ring (bicyclic) bond motifs is 5. The monoisotopic (exact) mass is 318 g/mol. The Bertz CT molecular complexity index is 613. The highest BCUT2D eigenvalue weighted by Crippen LogP contribution is 2.62. The van der Waals surface area contributed by atoms with E-state index in [1.165, 1.54) is 0 Å². The molecular weight excluding hydrogens is 292 g/mol. The molecule has 2 saturated carbocycles. The Morgan fingerprint density at radius 2 is 2.09 bits per heavy atom. The van der Waals surface area contributed by atoms with E-state index in [1.807, 2.05) is 0 Å². The zero-order valence-electron chi connectivity index (χ0n) is 13.9. The van der Waals surface area contributed by atoms with Gasteiger partial charge in [-0.2, -0.15) is 0 Å². The number of nitrogens with one attached hydrogen (secondary N) is 1. The molecule has 1 saturated heterocycles. The first-order chi connectivity index (χ1) is 10.9. The molecule has 23 heavy (non-hydrogen) atoms. The van der Waals surface area contributed by atoms with Crippen molar-refractivity contribution < 1.29 is 15.1 Å². The molecule has 6 unspecified atom stereocenters. The van der Waals surface area contributed by atoms with Crippen LogP contribution < -0.4 is 5.32 Å². The van der Waals surface area contributed by atoms with Gasteiger partial charge in [-0.25, -0.2) is 0 Å². The molecule has 4 aliphatic rings. The van der Waals surface area contributed by atoms with Crippen molar-refractivity contribution in [2.75, 3.05) is 0 Å². The van der Waals surface area contributed by atoms with E-state index in [2.05, 4.69) is 30.4 Å². The average Bonchev–Trinajstić information content (AvgIpc) is 2.83. The molecule has 0 aromatic heterocycles. The lowest BCUT2D eigenvalue weighted by molar-refractivity contribution is -0.129. The second-order valence-electron chi connectivity index (χ2n) is 8.39. The van der Waals surface area contributed by atoms with E-state index in [4.69, 9.17) is 0 Å². The van der Waals surface area contributed by atoms with E-state index in [0.29, 0.717) is 24.7 Å². The summed E-state index contributed by atoms with van der Waals surface area (Å²) in [6, 6.07) is 0. The van der Waals surface area contributed by atoms with Gasteiger partial charge in [0.2, 0.25) is 5.91 Å². The number of carbonyl (C=O) groups excluding carboxylic acids is 1. The molecule has 3 N–H and O–H groups in total. The molecule has 0 aromatic rings. The Balaban J connectivity index is 1.75. The minimum atomic E-state index is -0.417. The van der Waals surface area contributed by atoms with Gasteiger partial charge in [-0.3, -0.25) is 4.79 Å². The predicted molar refractivity (Wildman–Crippen MR) is 85.8 cm³/mol. The predicted octanol–water partition coefficient (Wildman–Crippen LogP) is 2.43. The lowest BCUT2D eigenvalue weighted by Gasteiger charge is -2.57. The number of aliphatic hydroxyl groups excluding tert-OH is 1. The minimum Gasteiger partial charge on any atom is -0.411 e. The fraction of sp³-hybridized carbons (Fsp3) is 0.778. The number of aliphatic hydroxyl groups is 1. The number of carbonyl (C=O) groups is 1. The SMILES string of the molecule is CC12CCC(=O)NC1=CCC1C2C(O)CC2(C)/C(=N\O)CCC12. The zero-order valence-corrected chi connectivity index (χ0v) is 13.9. The van der Waals surface area contributed by atoms with Crippen molar-refractivity contribution in [2.45, 2.75) is 58.5 Å². The number of piperidine rings is 1. The number of hydrogen-bond acceptors (Lipinski definition) is 4. The largest absolute Gasteiger partial charge is 0.411 e. The fourth-order valence-electron chi connectivity index (χ4n) is 6.28. The van der Waals surface area contributed by atoms with E-state index in [0.717, 1.165) is 37.1 Å². The van der Waals surface area contributed by atoms with Crippen molar-refractivity contribution in [1.82, 2.24) is 5.32 Å². The molecule has 126 valence electrons. The van der Waals surface area contributed by atoms with Crippen LogP contribution >= 0.6 is 0 Å². The second kappa shape index (κ2) is 4.82. The van der Waals surface area contributed by atoms with Gasteiger partial charge in [-0.05, 0) is 49.9 Å². The van der Waals surface area contributed by atoms with Crippen LogP contribution in [0.3, 0.4) is 0 Å². The summed E-state index contributed by atoms with van der Waals surface area (Å²) in [6.07, 6.45) is 6.54. The molecule has 6 atom stereocenters. The molecule has 1 heterocycles. The number of nitrogens with zero attached hydrogens (tertiary/aromatic N) is 1. The van der Waals surface area contributed by atoms with E-state index in [9.17, 15) is 15.1 Å². The molecule has 0 aromatic carbocycles. The number of amides is 1. The van der Waals surface area contributed by atoms with Crippen molar-refractivity contribution >= 4 is 11.6 Å². The van der Waals surface area contributed by atoms with Crippen LogP contribution in [0, 0.1) is 28.6 Å². The number of rotatable bonds is 0. The van der Waals surface area contributed by atoms with Crippen LogP contribution in [0.2, 0.25) is 0 Å². The molecule has 3 aliphatic carbocycles. The lowest BCUT2D eigenvalue weighted by atomic mass is 9.49. The maximum atomic E-state index is 11.8. The van der Waals surface area contributed by atoms with Gasteiger partial charge in [0.05, 0.1) is 11.8 Å². The van der Waals surface area contributed by atoms with Crippen LogP contribution in [0.15, 0.2) is 16.9 Å². The summed E-state index contributed by atoms with van der Waals surface area (Å²) in [6.45, 7) is 4.36. The third-order valence-electron chi connectivity index (χ3n) is 7.41. The Morgan fingerprint density at radius 1 is 1.30 bits per heavy atom. The first kappa shape index (κ1) is 15.2. The van der Waals surface area contributed by atoms with Gasteiger partial charge in [-0.15, -0.1) is 0 Å². The average molecular weight is 318 g/mol. The van der Waals surface area contributed by atoms with Crippen LogP contribution in [0.5, 0.6) is 0 Å². The molecule has 4 rings (SSSR count). The number of oxime groups is 1. The van der Waals surface area contributed by atoms with Crippen molar-refractivity contribution in [1.29, 1.82) is 0 Å². The summed E-state index contributed by atoms with van der Waals surface area (Å²) >= 11 is 0.